The van der Waals surface area contributed by atoms with Crippen LogP contribution in [0.2, 0.25) is 0 Å². The van der Waals surface area contributed by atoms with Crippen molar-refractivity contribution in [1.29, 1.82) is 0 Å². The SMILES string of the molecule is CC(C)C(C(C)C)C(C)C.CC(C)C1[CH-]C(C(C)C)(C(C)C)CC1.CC(C)[CH-]CC(CC(C)C)C(C)C.[La].[La]. The molecule has 2 atom stereocenters. The van der Waals surface area contributed by atoms with E-state index in [1.54, 1.807) is 0 Å². The van der Waals surface area contributed by atoms with Crippen molar-refractivity contribution in [3.05, 3.63) is 12.8 Å². The summed E-state index contributed by atoms with van der Waals surface area (Å²) in [4.78, 5) is 0. The number of hydrogen-bond donors (Lipinski definition) is 0. The Morgan fingerprint density at radius 3 is 1.23 bits per heavy atom. The Morgan fingerprint density at radius 1 is 0.641 bits per heavy atom. The molecule has 0 amide bonds. The minimum absolute atomic E-state index is 0. The van der Waals surface area contributed by atoms with E-state index in [1.165, 1.54) is 25.7 Å². The Balaban J connectivity index is -0.000000233. The van der Waals surface area contributed by atoms with Crippen LogP contribution in [0.3, 0.4) is 0 Å². The van der Waals surface area contributed by atoms with Crippen molar-refractivity contribution in [3.63, 3.8) is 0 Å². The molecule has 1 aliphatic rings. The first-order valence-electron chi connectivity index (χ1n) is 16.5. The Kier molecular flexibility index (Phi) is 30.6. The maximum atomic E-state index is 2.69. The van der Waals surface area contributed by atoms with Crippen LogP contribution < -0.4 is 0 Å². The van der Waals surface area contributed by atoms with E-state index in [9.17, 15) is 0 Å². The van der Waals surface area contributed by atoms with E-state index < -0.39 is 0 Å². The van der Waals surface area contributed by atoms with Gasteiger partial charge in [0.25, 0.3) is 0 Å². The van der Waals surface area contributed by atoms with Crippen molar-refractivity contribution in [3.8, 4) is 0 Å². The van der Waals surface area contributed by atoms with Gasteiger partial charge in [0.1, 0.15) is 0 Å². The van der Waals surface area contributed by atoms with Gasteiger partial charge in [-0.25, -0.2) is 0 Å². The largest absolute Gasteiger partial charge is 0.326 e. The summed E-state index contributed by atoms with van der Waals surface area (Å²) in [6.07, 6.45) is 10.6. The molecule has 39 heavy (non-hydrogen) atoms. The molecule has 0 aliphatic heterocycles. The van der Waals surface area contributed by atoms with Crippen molar-refractivity contribution in [2.75, 3.05) is 0 Å². The molecule has 1 rings (SSSR count). The second-order valence-electron chi connectivity index (χ2n) is 15.7. The van der Waals surface area contributed by atoms with E-state index in [0.717, 1.165) is 71.0 Å². The van der Waals surface area contributed by atoms with Crippen molar-refractivity contribution < 1.29 is 71.2 Å². The van der Waals surface area contributed by atoms with E-state index in [2.05, 4.69) is 137 Å². The van der Waals surface area contributed by atoms with Gasteiger partial charge in [0.05, 0.1) is 0 Å². The number of hydrogen-bond acceptors (Lipinski definition) is 0. The molecule has 0 aromatic heterocycles. The Morgan fingerprint density at radius 2 is 1.05 bits per heavy atom. The fraction of sp³-hybridized carbons (Fsp3) is 0.946. The third-order valence-corrected chi connectivity index (χ3v) is 9.38. The van der Waals surface area contributed by atoms with Gasteiger partial charge in [-0.1, -0.05) is 168 Å². The molecule has 0 heterocycles. The molecule has 2 unspecified atom stereocenters. The molecule has 2 heteroatoms. The first-order valence-corrected chi connectivity index (χ1v) is 16.5. The zero-order valence-electron chi connectivity index (χ0n) is 30.6. The molecule has 0 aromatic rings. The van der Waals surface area contributed by atoms with Gasteiger partial charge in [0.2, 0.25) is 0 Å². The monoisotopic (exact) mass is 798 g/mol. The summed E-state index contributed by atoms with van der Waals surface area (Å²) >= 11 is 0. The fourth-order valence-corrected chi connectivity index (χ4v) is 7.14. The van der Waals surface area contributed by atoms with Gasteiger partial charge in [0, 0.05) is 71.2 Å². The van der Waals surface area contributed by atoms with Crippen molar-refractivity contribution >= 4 is 0 Å². The van der Waals surface area contributed by atoms with Crippen LogP contribution in [0.25, 0.3) is 0 Å². The first-order chi connectivity index (χ1) is 16.8. The summed E-state index contributed by atoms with van der Waals surface area (Å²) in [7, 11) is 0. The molecule has 1 aliphatic carbocycles. The molecule has 0 nitrogen and oxygen atoms in total. The predicted octanol–water partition coefficient (Wildman–Crippen LogP) is 12.7. The predicted molar refractivity (Wildman–Crippen MR) is 174 cm³/mol. The first kappa shape index (κ1) is 48.3. The summed E-state index contributed by atoms with van der Waals surface area (Å²) < 4.78 is 0. The summed E-state index contributed by atoms with van der Waals surface area (Å²) in [6.45, 7) is 42.1. The van der Waals surface area contributed by atoms with E-state index in [1.807, 2.05) is 0 Å². The Labute approximate surface area is 307 Å². The molecule has 232 valence electrons. The average Bonchev–Trinajstić information content (AvgIpc) is 3.18. The van der Waals surface area contributed by atoms with E-state index in [-0.39, 0.29) is 71.2 Å². The molecular formula is C37H76La2-2. The molecular weight excluding hydrogens is 722 g/mol. The minimum Gasteiger partial charge on any atom is -0.326 e. The molecule has 0 bridgehead atoms. The topological polar surface area (TPSA) is 0 Å². The van der Waals surface area contributed by atoms with Crippen LogP contribution in [-0.4, -0.2) is 0 Å². The van der Waals surface area contributed by atoms with Gasteiger partial charge in [0.15, 0.2) is 0 Å². The van der Waals surface area contributed by atoms with Gasteiger partial charge in [-0.3, -0.25) is 0 Å². The van der Waals surface area contributed by atoms with Gasteiger partial charge in [-0.15, -0.1) is 0 Å². The number of rotatable bonds is 12. The Bertz CT molecular complexity index is 501. The molecule has 0 spiro atoms. The van der Waals surface area contributed by atoms with Crippen molar-refractivity contribution in [1.82, 2.24) is 0 Å². The van der Waals surface area contributed by atoms with Gasteiger partial charge in [-0.05, 0) is 35.5 Å². The smallest absolute Gasteiger partial charge is 0 e. The van der Waals surface area contributed by atoms with Crippen LogP contribution in [-0.2, 0) is 0 Å². The second kappa shape index (κ2) is 24.7. The van der Waals surface area contributed by atoms with Crippen LogP contribution in [0, 0.1) is 160 Å². The zero-order chi connectivity index (χ0) is 29.7. The molecule has 0 saturated heterocycles. The normalized spacial score (nSPS) is 17.7. The summed E-state index contributed by atoms with van der Waals surface area (Å²) in [5.74, 6) is 9.98. The van der Waals surface area contributed by atoms with E-state index >= 15 is 0 Å². The summed E-state index contributed by atoms with van der Waals surface area (Å²) in [5, 5.41) is 0. The third-order valence-electron chi connectivity index (χ3n) is 9.38. The second-order valence-corrected chi connectivity index (χ2v) is 15.7. The minimum atomic E-state index is 0. The molecule has 0 aromatic carbocycles. The standard InChI is InChI=1S/C14H27.C13H27.C10H22.2La/c1-10(2)13-7-8-14(9-13,11(3)4)12(5)6;1-10(2)7-8-13(12(5)6)9-11(3)4;1-7(2)10(8(3)4)9(5)6;;/h9-13H,7-8H2,1-6H3;7,10-13H,8-9H2,1-6H3;7-10H,1-6H3;;/q2*-1;;;. The maximum Gasteiger partial charge on any atom is 0 e. The van der Waals surface area contributed by atoms with Crippen molar-refractivity contribution in [2.24, 2.45) is 76.4 Å². The van der Waals surface area contributed by atoms with Crippen LogP contribution >= 0.6 is 0 Å². The van der Waals surface area contributed by atoms with E-state index in [0.29, 0.717) is 5.41 Å². The summed E-state index contributed by atoms with van der Waals surface area (Å²) in [5.41, 5.74) is 0.523. The average molecular weight is 799 g/mol. The van der Waals surface area contributed by atoms with Gasteiger partial charge in [-0.2, -0.15) is 23.7 Å². The van der Waals surface area contributed by atoms with Crippen LogP contribution in [0.15, 0.2) is 0 Å². The molecule has 2 radical (unpaired) electrons. The zero-order valence-corrected chi connectivity index (χ0v) is 37.8. The van der Waals surface area contributed by atoms with Crippen molar-refractivity contribution in [2.45, 2.75) is 150 Å². The van der Waals surface area contributed by atoms with Crippen LogP contribution in [0.1, 0.15) is 150 Å². The third kappa shape index (κ3) is 20.1. The quantitative estimate of drug-likeness (QED) is 0.173. The van der Waals surface area contributed by atoms with Crippen LogP contribution in [0.5, 0.6) is 0 Å². The van der Waals surface area contributed by atoms with E-state index in [4.69, 9.17) is 0 Å². The molecule has 0 N–H and O–H groups in total. The Hall–Kier alpha value is 2.39. The molecule has 1 fully saturated rings. The van der Waals surface area contributed by atoms with Gasteiger partial charge < -0.3 is 12.8 Å². The maximum absolute atomic E-state index is 2.69. The van der Waals surface area contributed by atoms with Gasteiger partial charge >= 0.3 is 0 Å². The summed E-state index contributed by atoms with van der Waals surface area (Å²) in [6, 6.07) is 0. The van der Waals surface area contributed by atoms with Crippen LogP contribution in [0.4, 0.5) is 0 Å². The fourth-order valence-electron chi connectivity index (χ4n) is 7.14. The molecule has 1 saturated carbocycles.